The summed E-state index contributed by atoms with van der Waals surface area (Å²) in [5.74, 6) is 1.68. The largest absolute Gasteiger partial charge is 0.353 e. The van der Waals surface area contributed by atoms with Crippen LogP contribution in [0.3, 0.4) is 0 Å². The van der Waals surface area contributed by atoms with E-state index in [0.29, 0.717) is 18.5 Å². The number of benzene rings is 1. The normalized spacial score (nSPS) is 18.0. The quantitative estimate of drug-likeness (QED) is 0.875. The molecule has 0 aliphatic carbocycles. The summed E-state index contributed by atoms with van der Waals surface area (Å²) in [4.78, 5) is 11.5. The van der Waals surface area contributed by atoms with Crippen LogP contribution in [0.5, 0.6) is 0 Å². The number of aromatic nitrogens is 2. The predicted molar refractivity (Wildman–Crippen MR) is 96.1 cm³/mol. The van der Waals surface area contributed by atoms with Crippen LogP contribution in [-0.4, -0.2) is 22.6 Å². The van der Waals surface area contributed by atoms with Crippen molar-refractivity contribution in [2.75, 3.05) is 16.8 Å². The molecule has 0 amide bonds. The first-order chi connectivity index (χ1) is 11.3. The van der Waals surface area contributed by atoms with E-state index in [1.807, 2.05) is 36.5 Å². The zero-order valence-electron chi connectivity index (χ0n) is 13.5. The zero-order valence-corrected chi connectivity index (χ0v) is 14.3. The lowest BCUT2D eigenvalue weighted by molar-refractivity contribution is 0.447. The summed E-state index contributed by atoms with van der Waals surface area (Å²) in [5.41, 5.74) is 1.05. The summed E-state index contributed by atoms with van der Waals surface area (Å²) in [5, 5.41) is 4.04. The molecule has 0 saturated carbocycles. The van der Waals surface area contributed by atoms with E-state index in [9.17, 15) is 0 Å². The summed E-state index contributed by atoms with van der Waals surface area (Å²) in [7, 11) is 0. The smallest absolute Gasteiger partial charge is 0.224 e. The zero-order chi connectivity index (χ0) is 16.1. The number of piperidine rings is 1. The maximum Gasteiger partial charge on any atom is 0.224 e. The molecular formula is C18H23ClN4. The Kier molecular flexibility index (Phi) is 5.34. The molecule has 1 N–H and O–H groups in total. The third-order valence-electron chi connectivity index (χ3n) is 4.43. The molecule has 1 aliphatic heterocycles. The van der Waals surface area contributed by atoms with Crippen LogP contribution >= 0.6 is 11.6 Å². The molecule has 0 bridgehead atoms. The van der Waals surface area contributed by atoms with Crippen molar-refractivity contribution in [3.63, 3.8) is 0 Å². The van der Waals surface area contributed by atoms with Crippen molar-refractivity contribution in [1.82, 2.24) is 9.97 Å². The lowest BCUT2D eigenvalue weighted by Crippen LogP contribution is -2.39. The summed E-state index contributed by atoms with van der Waals surface area (Å²) in [6, 6.07) is 10.4. The second-order valence-corrected chi connectivity index (χ2v) is 6.34. The fourth-order valence-corrected chi connectivity index (χ4v) is 3.34. The van der Waals surface area contributed by atoms with E-state index in [2.05, 4.69) is 22.1 Å². The Morgan fingerprint density at radius 3 is 2.96 bits per heavy atom. The van der Waals surface area contributed by atoms with Crippen LogP contribution in [0.1, 0.15) is 38.2 Å². The van der Waals surface area contributed by atoms with Gasteiger partial charge in [-0.25, -0.2) is 4.98 Å². The molecule has 0 radical (unpaired) electrons. The van der Waals surface area contributed by atoms with Gasteiger partial charge in [-0.1, -0.05) is 36.7 Å². The average molecular weight is 331 g/mol. The minimum Gasteiger partial charge on any atom is -0.353 e. The maximum absolute atomic E-state index is 6.19. The van der Waals surface area contributed by atoms with E-state index in [4.69, 9.17) is 16.6 Å². The molecule has 2 aromatic rings. The van der Waals surface area contributed by atoms with E-state index < -0.39 is 0 Å². The van der Waals surface area contributed by atoms with Crippen molar-refractivity contribution in [1.29, 1.82) is 0 Å². The van der Waals surface area contributed by atoms with E-state index in [1.165, 1.54) is 19.3 Å². The van der Waals surface area contributed by atoms with Gasteiger partial charge in [0.05, 0.1) is 0 Å². The fraction of sp³-hybridized carbons (Fsp3) is 0.444. The Balaban J connectivity index is 1.71. The maximum atomic E-state index is 6.19. The summed E-state index contributed by atoms with van der Waals surface area (Å²) < 4.78 is 0. The van der Waals surface area contributed by atoms with Crippen LogP contribution in [0.15, 0.2) is 36.5 Å². The Hall–Kier alpha value is -1.81. The van der Waals surface area contributed by atoms with Crippen LogP contribution in [0.4, 0.5) is 11.8 Å². The highest BCUT2D eigenvalue weighted by Gasteiger charge is 2.22. The van der Waals surface area contributed by atoms with Gasteiger partial charge in [0.2, 0.25) is 5.95 Å². The number of nitrogens with zero attached hydrogens (tertiary/aromatic N) is 3. The molecule has 2 heterocycles. The Morgan fingerprint density at radius 1 is 1.26 bits per heavy atom. The van der Waals surface area contributed by atoms with Gasteiger partial charge in [-0.05, 0) is 43.4 Å². The molecule has 4 nitrogen and oxygen atoms in total. The van der Waals surface area contributed by atoms with Crippen molar-refractivity contribution >= 4 is 23.4 Å². The van der Waals surface area contributed by atoms with Crippen molar-refractivity contribution in [3.05, 3.63) is 47.1 Å². The third-order valence-corrected chi connectivity index (χ3v) is 4.80. The van der Waals surface area contributed by atoms with Gasteiger partial charge in [0.25, 0.3) is 0 Å². The van der Waals surface area contributed by atoms with Crippen LogP contribution in [0, 0.1) is 0 Å². The Bertz CT molecular complexity index is 646. The lowest BCUT2D eigenvalue weighted by atomic mass is 10.0. The molecule has 1 saturated heterocycles. The van der Waals surface area contributed by atoms with Gasteiger partial charge in [0.1, 0.15) is 5.82 Å². The number of halogens is 1. The molecule has 1 fully saturated rings. The minimum atomic E-state index is 0.593. The van der Waals surface area contributed by atoms with Gasteiger partial charge in [-0.2, -0.15) is 4.98 Å². The summed E-state index contributed by atoms with van der Waals surface area (Å²) in [6.45, 7) is 3.96. The molecule has 1 aromatic heterocycles. The lowest BCUT2D eigenvalue weighted by Gasteiger charge is -2.36. The van der Waals surface area contributed by atoms with Gasteiger partial charge in [0, 0.05) is 30.4 Å². The second-order valence-electron chi connectivity index (χ2n) is 5.93. The van der Waals surface area contributed by atoms with Gasteiger partial charge < -0.3 is 10.2 Å². The van der Waals surface area contributed by atoms with Crippen LogP contribution in [-0.2, 0) is 6.54 Å². The predicted octanol–water partition coefficient (Wildman–Crippen LogP) is 4.51. The molecular weight excluding hydrogens is 308 g/mol. The van der Waals surface area contributed by atoms with Crippen LogP contribution in [0.25, 0.3) is 0 Å². The van der Waals surface area contributed by atoms with Crippen molar-refractivity contribution in [2.24, 2.45) is 0 Å². The van der Waals surface area contributed by atoms with E-state index in [1.54, 1.807) is 0 Å². The number of rotatable bonds is 5. The SMILES string of the molecule is CCC1CCCCN1c1ccnc(NCc2ccccc2Cl)n1. The first-order valence-corrected chi connectivity index (χ1v) is 8.72. The molecule has 1 aromatic carbocycles. The third kappa shape index (κ3) is 3.94. The molecule has 122 valence electrons. The van der Waals surface area contributed by atoms with Crippen molar-refractivity contribution < 1.29 is 0 Å². The van der Waals surface area contributed by atoms with Crippen molar-refractivity contribution in [2.45, 2.75) is 45.2 Å². The second kappa shape index (κ2) is 7.64. The monoisotopic (exact) mass is 330 g/mol. The average Bonchev–Trinajstić information content (AvgIpc) is 2.61. The molecule has 3 rings (SSSR count). The molecule has 0 spiro atoms. The van der Waals surface area contributed by atoms with Crippen LogP contribution < -0.4 is 10.2 Å². The first kappa shape index (κ1) is 16.1. The van der Waals surface area contributed by atoms with E-state index >= 15 is 0 Å². The van der Waals surface area contributed by atoms with Gasteiger partial charge in [0.15, 0.2) is 0 Å². The molecule has 23 heavy (non-hydrogen) atoms. The number of nitrogens with one attached hydrogen (secondary N) is 1. The summed E-state index contributed by atoms with van der Waals surface area (Å²) in [6.07, 6.45) is 6.80. The molecule has 1 aliphatic rings. The number of anilines is 2. The van der Waals surface area contributed by atoms with Gasteiger partial charge >= 0.3 is 0 Å². The molecule has 1 atom stereocenters. The van der Waals surface area contributed by atoms with Crippen LogP contribution in [0.2, 0.25) is 5.02 Å². The highest BCUT2D eigenvalue weighted by atomic mass is 35.5. The first-order valence-electron chi connectivity index (χ1n) is 8.35. The van der Waals surface area contributed by atoms with Gasteiger partial charge in [-0.15, -0.1) is 0 Å². The number of hydrogen-bond acceptors (Lipinski definition) is 4. The topological polar surface area (TPSA) is 41.1 Å². The Labute approximate surface area is 142 Å². The minimum absolute atomic E-state index is 0.593. The highest BCUT2D eigenvalue weighted by molar-refractivity contribution is 6.31. The molecule has 1 unspecified atom stereocenters. The Morgan fingerprint density at radius 2 is 2.13 bits per heavy atom. The van der Waals surface area contributed by atoms with Crippen molar-refractivity contribution in [3.8, 4) is 0 Å². The van der Waals surface area contributed by atoms with Gasteiger partial charge in [-0.3, -0.25) is 0 Å². The fourth-order valence-electron chi connectivity index (χ4n) is 3.14. The standard InChI is InChI=1S/C18H23ClN4/c1-2-15-8-5-6-12-23(15)17-10-11-20-18(22-17)21-13-14-7-3-4-9-16(14)19/h3-4,7,9-11,15H,2,5-6,8,12-13H2,1H3,(H,20,21,22). The summed E-state index contributed by atoms with van der Waals surface area (Å²) >= 11 is 6.19. The van der Waals surface area contributed by atoms with E-state index in [-0.39, 0.29) is 0 Å². The number of hydrogen-bond donors (Lipinski definition) is 1. The van der Waals surface area contributed by atoms with E-state index in [0.717, 1.165) is 29.4 Å². The molecule has 5 heteroatoms. The highest BCUT2D eigenvalue weighted by Crippen LogP contribution is 2.25.